The monoisotopic (exact) mass is 991 g/mol. The first-order valence-electron chi connectivity index (χ1n) is 30.0. The minimum atomic E-state index is -1.51. The number of unbranched alkanes of at least 4 members (excludes halogenated alkanes) is 37. The molecule has 0 aromatic carbocycles. The number of carbonyl (C=O) groups excluding carboxylic acids is 2. The minimum absolute atomic E-state index is 0.183. The SMILES string of the molecule is CCCCC/C=C\C/C=C\CCCCCCCC(=O)OC(COC(=O)CCCCCCCCCCCCCCCCCCCCCCCCCCCCCCCC)COC(OCC[N+](C)(C)C)C(=O)O. The van der Waals surface area contributed by atoms with Crippen LogP contribution in [0.5, 0.6) is 0 Å². The standard InChI is InChI=1S/C61H115NO8/c1-6-8-10-12-14-16-18-20-22-23-24-25-26-27-28-29-30-31-32-33-34-35-36-38-39-41-43-45-47-49-51-58(63)68-55-57(56-69-61(60(65)66)67-54-53-62(3,4)5)70-59(64)52-50-48-46-44-42-40-37-21-19-17-15-13-11-9-7-2/h15,17,21,37,57,61H,6-14,16,18-20,22-36,38-56H2,1-5H3/p+1/b17-15-,37-21-. The Bertz CT molecular complexity index is 1200. The molecule has 0 aromatic heterocycles. The Morgan fingerprint density at radius 3 is 1.16 bits per heavy atom. The number of carboxylic acids is 1. The zero-order valence-electron chi connectivity index (χ0n) is 47.0. The van der Waals surface area contributed by atoms with Gasteiger partial charge in [-0.3, -0.25) is 9.59 Å². The Hall–Kier alpha value is -2.23. The fraction of sp³-hybridized carbons (Fsp3) is 0.885. The van der Waals surface area contributed by atoms with Crippen molar-refractivity contribution in [1.29, 1.82) is 0 Å². The highest BCUT2D eigenvalue weighted by atomic mass is 16.7. The van der Waals surface area contributed by atoms with Crippen LogP contribution in [0.3, 0.4) is 0 Å². The molecule has 0 aliphatic heterocycles. The molecule has 0 aliphatic carbocycles. The minimum Gasteiger partial charge on any atom is -0.477 e. The topological polar surface area (TPSA) is 108 Å². The maximum atomic E-state index is 12.8. The van der Waals surface area contributed by atoms with Gasteiger partial charge in [0, 0.05) is 12.8 Å². The average Bonchev–Trinajstić information content (AvgIpc) is 3.33. The number of allylic oxidation sites excluding steroid dienone is 4. The number of likely N-dealkylation sites (N-methyl/N-ethyl adjacent to an activating group) is 1. The molecule has 9 heteroatoms. The molecule has 70 heavy (non-hydrogen) atoms. The van der Waals surface area contributed by atoms with Crippen molar-refractivity contribution >= 4 is 17.9 Å². The van der Waals surface area contributed by atoms with Crippen LogP contribution >= 0.6 is 0 Å². The van der Waals surface area contributed by atoms with E-state index in [1.807, 2.05) is 21.1 Å². The van der Waals surface area contributed by atoms with Gasteiger partial charge in [0.1, 0.15) is 13.2 Å². The first-order chi connectivity index (χ1) is 34.1. The van der Waals surface area contributed by atoms with Crippen molar-refractivity contribution in [1.82, 2.24) is 0 Å². The van der Waals surface area contributed by atoms with Gasteiger partial charge in [-0.15, -0.1) is 0 Å². The van der Waals surface area contributed by atoms with Crippen molar-refractivity contribution < 1.29 is 42.9 Å². The largest absolute Gasteiger partial charge is 0.477 e. The third-order valence-electron chi connectivity index (χ3n) is 13.5. The number of aliphatic carboxylic acids is 1. The number of carbonyl (C=O) groups is 3. The average molecular weight is 992 g/mol. The molecule has 0 saturated carbocycles. The predicted octanol–water partition coefficient (Wildman–Crippen LogP) is 17.5. The summed E-state index contributed by atoms with van der Waals surface area (Å²) in [6, 6.07) is 0. The molecule has 0 rings (SSSR count). The molecule has 2 atom stereocenters. The maximum absolute atomic E-state index is 12.8. The van der Waals surface area contributed by atoms with Crippen molar-refractivity contribution in [3.8, 4) is 0 Å². The molecule has 412 valence electrons. The van der Waals surface area contributed by atoms with Gasteiger partial charge in [0.25, 0.3) is 6.29 Å². The summed E-state index contributed by atoms with van der Waals surface area (Å²) in [4.78, 5) is 37.4. The lowest BCUT2D eigenvalue weighted by Crippen LogP contribution is -2.40. The van der Waals surface area contributed by atoms with Crippen molar-refractivity contribution in [3.05, 3.63) is 24.3 Å². The molecule has 0 bridgehead atoms. The van der Waals surface area contributed by atoms with E-state index in [-0.39, 0.29) is 32.2 Å². The van der Waals surface area contributed by atoms with Crippen LogP contribution in [-0.4, -0.2) is 87.4 Å². The van der Waals surface area contributed by atoms with Gasteiger partial charge in [0.15, 0.2) is 6.10 Å². The molecule has 0 heterocycles. The van der Waals surface area contributed by atoms with Gasteiger partial charge in [-0.1, -0.05) is 256 Å². The third kappa shape index (κ3) is 53.6. The number of hydrogen-bond acceptors (Lipinski definition) is 7. The Morgan fingerprint density at radius 2 is 0.771 bits per heavy atom. The van der Waals surface area contributed by atoms with Crippen molar-refractivity contribution in [2.75, 3.05) is 47.5 Å². The van der Waals surface area contributed by atoms with Gasteiger partial charge in [-0.25, -0.2) is 4.79 Å². The van der Waals surface area contributed by atoms with Crippen molar-refractivity contribution in [2.45, 2.75) is 302 Å². The molecule has 2 unspecified atom stereocenters. The smallest absolute Gasteiger partial charge is 0.361 e. The number of hydrogen-bond donors (Lipinski definition) is 1. The number of rotatable bonds is 56. The summed E-state index contributed by atoms with van der Waals surface area (Å²) < 4.78 is 22.9. The summed E-state index contributed by atoms with van der Waals surface area (Å²) in [6.45, 7) is 4.88. The van der Waals surface area contributed by atoms with Crippen LogP contribution < -0.4 is 0 Å². The number of nitrogens with zero attached hydrogens (tertiary/aromatic N) is 1. The lowest BCUT2D eigenvalue weighted by atomic mass is 10.0. The van der Waals surface area contributed by atoms with E-state index < -0.39 is 24.3 Å². The lowest BCUT2D eigenvalue weighted by Gasteiger charge is -2.25. The number of carboxylic acid groups (broad SMARTS) is 1. The van der Waals surface area contributed by atoms with E-state index in [1.165, 1.54) is 199 Å². The molecular weight excluding hydrogens is 875 g/mol. The van der Waals surface area contributed by atoms with Crippen LogP contribution in [0.4, 0.5) is 0 Å². The fourth-order valence-corrected chi connectivity index (χ4v) is 8.81. The quantitative estimate of drug-likeness (QED) is 0.0211. The lowest BCUT2D eigenvalue weighted by molar-refractivity contribution is -0.870. The highest BCUT2D eigenvalue weighted by Gasteiger charge is 2.25. The van der Waals surface area contributed by atoms with E-state index in [0.717, 1.165) is 57.8 Å². The van der Waals surface area contributed by atoms with Gasteiger partial charge >= 0.3 is 17.9 Å². The summed E-state index contributed by atoms with van der Waals surface area (Å²) in [7, 11) is 5.97. The van der Waals surface area contributed by atoms with E-state index >= 15 is 0 Å². The molecular formula is C61H116NO8+. The fourth-order valence-electron chi connectivity index (χ4n) is 8.81. The molecule has 0 aliphatic rings. The Labute approximate surface area is 433 Å². The Kier molecular flexibility index (Phi) is 51.4. The summed E-state index contributed by atoms with van der Waals surface area (Å²) in [5.41, 5.74) is 0. The molecule has 0 radical (unpaired) electrons. The van der Waals surface area contributed by atoms with Crippen molar-refractivity contribution in [3.63, 3.8) is 0 Å². The van der Waals surface area contributed by atoms with E-state index in [1.54, 1.807) is 0 Å². The first-order valence-corrected chi connectivity index (χ1v) is 30.0. The van der Waals surface area contributed by atoms with Crippen LogP contribution in [0, 0.1) is 0 Å². The van der Waals surface area contributed by atoms with E-state index in [0.29, 0.717) is 23.9 Å². The summed E-state index contributed by atoms with van der Waals surface area (Å²) in [5, 5.41) is 9.69. The first kappa shape index (κ1) is 67.8. The number of quaternary nitrogens is 1. The van der Waals surface area contributed by atoms with Gasteiger partial charge in [-0.2, -0.15) is 0 Å². The zero-order chi connectivity index (χ0) is 51.3. The zero-order valence-corrected chi connectivity index (χ0v) is 47.0. The Balaban J connectivity index is 4.07. The van der Waals surface area contributed by atoms with Gasteiger partial charge in [-0.05, 0) is 44.9 Å². The maximum Gasteiger partial charge on any atom is 0.361 e. The summed E-state index contributed by atoms with van der Waals surface area (Å²) in [6.07, 6.45) is 59.9. The normalized spacial score (nSPS) is 12.9. The number of ether oxygens (including phenoxy) is 4. The molecule has 0 spiro atoms. The summed E-state index contributed by atoms with van der Waals surface area (Å²) in [5.74, 6) is -2.01. The van der Waals surface area contributed by atoms with Crippen LogP contribution in [-0.2, 0) is 33.3 Å². The van der Waals surface area contributed by atoms with Crippen LogP contribution in [0.1, 0.15) is 290 Å². The molecule has 0 aromatic rings. The van der Waals surface area contributed by atoms with Crippen molar-refractivity contribution in [2.24, 2.45) is 0 Å². The van der Waals surface area contributed by atoms with Gasteiger partial charge in [0.05, 0.1) is 34.4 Å². The van der Waals surface area contributed by atoms with E-state index in [4.69, 9.17) is 18.9 Å². The van der Waals surface area contributed by atoms with E-state index in [9.17, 15) is 19.5 Å². The Morgan fingerprint density at radius 1 is 0.429 bits per heavy atom. The highest BCUT2D eigenvalue weighted by molar-refractivity contribution is 5.71. The number of esters is 2. The molecule has 0 fully saturated rings. The molecule has 1 N–H and O–H groups in total. The van der Waals surface area contributed by atoms with Crippen LogP contribution in [0.15, 0.2) is 24.3 Å². The second-order valence-electron chi connectivity index (χ2n) is 21.7. The third-order valence-corrected chi connectivity index (χ3v) is 13.5. The summed E-state index contributed by atoms with van der Waals surface area (Å²) >= 11 is 0. The van der Waals surface area contributed by atoms with Gasteiger partial charge in [0.2, 0.25) is 0 Å². The molecule has 0 saturated heterocycles. The second kappa shape index (κ2) is 53.1. The van der Waals surface area contributed by atoms with Gasteiger partial charge < -0.3 is 28.5 Å². The highest BCUT2D eigenvalue weighted by Crippen LogP contribution is 2.18. The molecule has 0 amide bonds. The predicted molar refractivity (Wildman–Crippen MR) is 295 cm³/mol. The van der Waals surface area contributed by atoms with Crippen LogP contribution in [0.2, 0.25) is 0 Å². The van der Waals surface area contributed by atoms with E-state index in [2.05, 4.69) is 38.2 Å². The second-order valence-corrected chi connectivity index (χ2v) is 21.7. The molecule has 9 nitrogen and oxygen atoms in total. The van der Waals surface area contributed by atoms with Crippen LogP contribution in [0.25, 0.3) is 0 Å².